The van der Waals surface area contributed by atoms with Crippen molar-refractivity contribution in [3.8, 4) is 0 Å². The number of hydrogen-bond donors (Lipinski definition) is 1. The molecule has 1 N–H and O–H groups in total. The first-order valence-electron chi connectivity index (χ1n) is 8.07. The standard InChI is InChI=1S/C18H22BrN3O2/c1-3-11-22(12-4-2)15-7-5-14(6-8-15)13-20-21-18(23)16-9-10-17(19)24-16/h5-10,13H,3-4,11-12H2,1-2H3,(H,21,23)/b20-13-. The topological polar surface area (TPSA) is 57.8 Å². The van der Waals surface area contributed by atoms with E-state index in [1.54, 1.807) is 18.3 Å². The zero-order valence-corrected chi connectivity index (χ0v) is 15.5. The molecule has 2 aromatic rings. The SMILES string of the molecule is CCCN(CCC)c1ccc(/C=N\NC(=O)c2ccc(Br)o2)cc1. The summed E-state index contributed by atoms with van der Waals surface area (Å²) in [5.74, 6) is -0.171. The van der Waals surface area contributed by atoms with Crippen molar-refractivity contribution in [2.75, 3.05) is 18.0 Å². The number of furan rings is 1. The third-order valence-electron chi connectivity index (χ3n) is 3.42. The van der Waals surface area contributed by atoms with Crippen LogP contribution in [0.25, 0.3) is 0 Å². The molecule has 0 bridgehead atoms. The maximum absolute atomic E-state index is 11.8. The predicted octanol–water partition coefficient (Wildman–Crippen LogP) is 4.43. The van der Waals surface area contributed by atoms with E-state index in [9.17, 15) is 4.79 Å². The normalized spacial score (nSPS) is 11.0. The van der Waals surface area contributed by atoms with Crippen LogP contribution < -0.4 is 10.3 Å². The van der Waals surface area contributed by atoms with E-state index in [2.05, 4.69) is 57.3 Å². The van der Waals surface area contributed by atoms with Gasteiger partial charge in [0.2, 0.25) is 0 Å². The van der Waals surface area contributed by atoms with Gasteiger partial charge in [-0.25, -0.2) is 5.43 Å². The molecule has 24 heavy (non-hydrogen) atoms. The van der Waals surface area contributed by atoms with Gasteiger partial charge < -0.3 is 9.32 Å². The molecule has 0 saturated carbocycles. The van der Waals surface area contributed by atoms with Gasteiger partial charge in [0.1, 0.15) is 0 Å². The molecule has 1 aromatic carbocycles. The van der Waals surface area contributed by atoms with E-state index in [1.807, 2.05) is 12.1 Å². The predicted molar refractivity (Wildman–Crippen MR) is 101 cm³/mol. The van der Waals surface area contributed by atoms with E-state index < -0.39 is 0 Å². The van der Waals surface area contributed by atoms with Crippen molar-refractivity contribution in [1.82, 2.24) is 5.43 Å². The Bertz CT molecular complexity index is 674. The number of amides is 1. The van der Waals surface area contributed by atoms with Crippen molar-refractivity contribution in [3.05, 3.63) is 52.4 Å². The second kappa shape index (κ2) is 9.27. The zero-order chi connectivity index (χ0) is 17.4. The first kappa shape index (κ1) is 18.3. The summed E-state index contributed by atoms with van der Waals surface area (Å²) in [5, 5.41) is 3.96. The molecule has 1 heterocycles. The fraction of sp³-hybridized carbons (Fsp3) is 0.333. The van der Waals surface area contributed by atoms with Crippen molar-refractivity contribution in [3.63, 3.8) is 0 Å². The van der Waals surface area contributed by atoms with Crippen molar-refractivity contribution < 1.29 is 9.21 Å². The van der Waals surface area contributed by atoms with Gasteiger partial charge in [0, 0.05) is 18.8 Å². The molecule has 0 aliphatic rings. The van der Waals surface area contributed by atoms with Crippen molar-refractivity contribution in [2.24, 2.45) is 5.10 Å². The number of carbonyl (C=O) groups is 1. The first-order chi connectivity index (χ1) is 11.6. The molecule has 2 rings (SSSR count). The van der Waals surface area contributed by atoms with Crippen LogP contribution in [0.15, 0.2) is 50.6 Å². The lowest BCUT2D eigenvalue weighted by atomic mass is 10.2. The van der Waals surface area contributed by atoms with E-state index in [4.69, 9.17) is 4.42 Å². The van der Waals surface area contributed by atoms with Crippen LogP contribution in [0.2, 0.25) is 0 Å². The van der Waals surface area contributed by atoms with Gasteiger partial charge in [-0.15, -0.1) is 0 Å². The highest BCUT2D eigenvalue weighted by Gasteiger charge is 2.08. The van der Waals surface area contributed by atoms with Crippen molar-refractivity contribution >= 4 is 33.7 Å². The molecule has 1 amide bonds. The van der Waals surface area contributed by atoms with Crippen molar-refractivity contribution in [2.45, 2.75) is 26.7 Å². The molecule has 6 heteroatoms. The third kappa shape index (κ3) is 5.23. The Morgan fingerprint density at radius 3 is 2.38 bits per heavy atom. The second-order valence-corrected chi connectivity index (χ2v) is 6.16. The molecule has 0 aliphatic carbocycles. The Balaban J connectivity index is 1.94. The van der Waals surface area contributed by atoms with Crippen LogP contribution >= 0.6 is 15.9 Å². The minimum absolute atomic E-state index is 0.212. The van der Waals surface area contributed by atoms with Gasteiger partial charge in [-0.05, 0) is 58.6 Å². The number of carbonyl (C=O) groups excluding carboxylic acids is 1. The number of nitrogens with zero attached hydrogens (tertiary/aromatic N) is 2. The Hall–Kier alpha value is -2.08. The van der Waals surface area contributed by atoms with Gasteiger partial charge >= 0.3 is 5.91 Å². The Kier molecular flexibility index (Phi) is 7.06. The van der Waals surface area contributed by atoms with Crippen LogP contribution in [-0.2, 0) is 0 Å². The summed E-state index contributed by atoms with van der Waals surface area (Å²) in [6.45, 7) is 6.47. The fourth-order valence-electron chi connectivity index (χ4n) is 2.34. The molecule has 1 aromatic heterocycles. The molecule has 128 valence electrons. The molecular formula is C18H22BrN3O2. The van der Waals surface area contributed by atoms with Crippen LogP contribution in [0.5, 0.6) is 0 Å². The van der Waals surface area contributed by atoms with Gasteiger partial charge in [0.15, 0.2) is 10.4 Å². The van der Waals surface area contributed by atoms with Crippen LogP contribution in [0.4, 0.5) is 5.69 Å². The number of hydrogen-bond acceptors (Lipinski definition) is 4. The molecule has 0 aliphatic heterocycles. The lowest BCUT2D eigenvalue weighted by Crippen LogP contribution is -2.24. The quantitative estimate of drug-likeness (QED) is 0.534. The van der Waals surface area contributed by atoms with Gasteiger partial charge in [-0.3, -0.25) is 4.79 Å². The van der Waals surface area contributed by atoms with E-state index in [-0.39, 0.29) is 11.7 Å². The summed E-state index contributed by atoms with van der Waals surface area (Å²) < 4.78 is 5.67. The average Bonchev–Trinajstić information content (AvgIpc) is 3.02. The maximum atomic E-state index is 11.8. The van der Waals surface area contributed by atoms with Gasteiger partial charge in [0.25, 0.3) is 0 Å². The number of hydrazone groups is 1. The number of nitrogens with one attached hydrogen (secondary N) is 1. The van der Waals surface area contributed by atoms with E-state index in [0.717, 1.165) is 31.5 Å². The molecule has 0 saturated heterocycles. The van der Waals surface area contributed by atoms with Gasteiger partial charge in [-0.2, -0.15) is 5.10 Å². The smallest absolute Gasteiger partial charge is 0.307 e. The number of rotatable bonds is 8. The minimum atomic E-state index is -0.384. The van der Waals surface area contributed by atoms with Crippen LogP contribution in [0, 0.1) is 0 Å². The van der Waals surface area contributed by atoms with Gasteiger partial charge in [0.05, 0.1) is 6.21 Å². The minimum Gasteiger partial charge on any atom is -0.444 e. The summed E-state index contributed by atoms with van der Waals surface area (Å²) in [7, 11) is 0. The number of halogens is 1. The Labute approximate surface area is 150 Å². The van der Waals surface area contributed by atoms with Crippen LogP contribution in [0.1, 0.15) is 42.8 Å². The number of anilines is 1. The molecule has 0 atom stereocenters. The molecule has 5 nitrogen and oxygen atoms in total. The molecule has 0 fully saturated rings. The molecule has 0 spiro atoms. The largest absolute Gasteiger partial charge is 0.444 e. The highest BCUT2D eigenvalue weighted by Crippen LogP contribution is 2.16. The van der Waals surface area contributed by atoms with Crippen molar-refractivity contribution in [1.29, 1.82) is 0 Å². The highest BCUT2D eigenvalue weighted by atomic mass is 79.9. The summed E-state index contributed by atoms with van der Waals surface area (Å²) in [6, 6.07) is 11.4. The Morgan fingerprint density at radius 2 is 1.83 bits per heavy atom. The maximum Gasteiger partial charge on any atom is 0.307 e. The van der Waals surface area contributed by atoms with E-state index >= 15 is 0 Å². The van der Waals surface area contributed by atoms with Gasteiger partial charge in [-0.1, -0.05) is 26.0 Å². The highest BCUT2D eigenvalue weighted by molar-refractivity contribution is 9.10. The summed E-state index contributed by atoms with van der Waals surface area (Å²) >= 11 is 3.16. The molecular weight excluding hydrogens is 370 g/mol. The summed E-state index contributed by atoms with van der Waals surface area (Å²) in [6.07, 6.45) is 3.86. The second-order valence-electron chi connectivity index (χ2n) is 5.38. The summed E-state index contributed by atoms with van der Waals surface area (Å²) in [4.78, 5) is 14.2. The molecule has 0 unspecified atom stereocenters. The van der Waals surface area contributed by atoms with E-state index in [1.165, 1.54) is 5.69 Å². The molecule has 0 radical (unpaired) electrons. The van der Waals surface area contributed by atoms with Crippen LogP contribution in [0.3, 0.4) is 0 Å². The monoisotopic (exact) mass is 391 g/mol. The first-order valence-corrected chi connectivity index (χ1v) is 8.87. The summed E-state index contributed by atoms with van der Waals surface area (Å²) in [5.41, 5.74) is 4.58. The third-order valence-corrected chi connectivity index (χ3v) is 3.85. The zero-order valence-electron chi connectivity index (χ0n) is 14.0. The Morgan fingerprint density at radius 1 is 1.17 bits per heavy atom. The lowest BCUT2D eigenvalue weighted by molar-refractivity contribution is 0.0926. The lowest BCUT2D eigenvalue weighted by Gasteiger charge is -2.23. The van der Waals surface area contributed by atoms with Crippen LogP contribution in [-0.4, -0.2) is 25.2 Å². The fourth-order valence-corrected chi connectivity index (χ4v) is 2.64. The number of benzene rings is 1. The van der Waals surface area contributed by atoms with E-state index in [0.29, 0.717) is 4.67 Å². The average molecular weight is 392 g/mol.